The van der Waals surface area contributed by atoms with Gasteiger partial charge >= 0.3 is 0 Å². The van der Waals surface area contributed by atoms with Crippen molar-refractivity contribution < 1.29 is 5.11 Å². The highest BCUT2D eigenvalue weighted by Crippen LogP contribution is 2.23. The third-order valence-electron chi connectivity index (χ3n) is 2.04. The minimum absolute atomic E-state index is 0.224. The van der Waals surface area contributed by atoms with Gasteiger partial charge in [0.05, 0.1) is 11.0 Å². The molecule has 14 heavy (non-hydrogen) atoms. The first-order valence-electron chi connectivity index (χ1n) is 4.27. The van der Waals surface area contributed by atoms with E-state index in [1.807, 2.05) is 10.6 Å². The number of imidazole rings is 1. The van der Waals surface area contributed by atoms with Crippen molar-refractivity contribution >= 4 is 27.0 Å². The lowest BCUT2D eigenvalue weighted by molar-refractivity contribution is 0.476. The Hall–Kier alpha value is -1.07. The van der Waals surface area contributed by atoms with Gasteiger partial charge in [0, 0.05) is 19.2 Å². The summed E-state index contributed by atoms with van der Waals surface area (Å²) >= 11 is 3.35. The molecule has 0 fully saturated rings. The van der Waals surface area contributed by atoms with Crippen molar-refractivity contribution in [3.05, 3.63) is 22.9 Å². The lowest BCUT2D eigenvalue weighted by Gasteiger charge is -2.02. The number of nitrogens with zero attached hydrogens (tertiary/aromatic N) is 2. The van der Waals surface area contributed by atoms with E-state index in [2.05, 4.69) is 20.9 Å². The molecule has 74 valence electrons. The smallest absolute Gasteiger partial charge is 0.178 e. The number of nitrogens with two attached hydrogens (primary N) is 1. The Morgan fingerprint density at radius 3 is 3.00 bits per heavy atom. The molecule has 2 aromatic rings. The van der Waals surface area contributed by atoms with Gasteiger partial charge in [0.15, 0.2) is 4.73 Å². The number of fused-ring (bicyclic) bond motifs is 1. The third-order valence-corrected chi connectivity index (χ3v) is 2.64. The predicted molar refractivity (Wildman–Crippen MR) is 58.2 cm³/mol. The molecular formula is C9H10BrN3O. The van der Waals surface area contributed by atoms with Crippen LogP contribution >= 0.6 is 15.9 Å². The standard InChI is InChI=1S/C9H10BrN3O/c10-9-12-7-5-6(14)1-2-8(7)13(9)4-3-11/h1-2,5,14H,3-4,11H2. The van der Waals surface area contributed by atoms with Gasteiger partial charge in [0.25, 0.3) is 0 Å². The van der Waals surface area contributed by atoms with E-state index in [1.165, 1.54) is 0 Å². The van der Waals surface area contributed by atoms with Gasteiger partial charge < -0.3 is 15.4 Å². The molecule has 5 heteroatoms. The van der Waals surface area contributed by atoms with E-state index in [4.69, 9.17) is 5.73 Å². The first-order chi connectivity index (χ1) is 6.72. The number of rotatable bonds is 2. The number of aromatic hydroxyl groups is 1. The van der Waals surface area contributed by atoms with Crippen molar-refractivity contribution in [2.24, 2.45) is 5.73 Å². The topological polar surface area (TPSA) is 64.1 Å². The summed E-state index contributed by atoms with van der Waals surface area (Å²) in [5.41, 5.74) is 7.23. The Labute approximate surface area is 89.5 Å². The second kappa shape index (κ2) is 3.59. The van der Waals surface area contributed by atoms with Crippen LogP contribution in [-0.4, -0.2) is 21.2 Å². The lowest BCUT2D eigenvalue weighted by atomic mass is 10.3. The van der Waals surface area contributed by atoms with Crippen molar-refractivity contribution in [2.75, 3.05) is 6.54 Å². The summed E-state index contributed by atoms with van der Waals surface area (Å²) in [5.74, 6) is 0.224. The molecule has 4 nitrogen and oxygen atoms in total. The average molecular weight is 256 g/mol. The Kier molecular flexibility index (Phi) is 2.43. The number of hydrogen-bond acceptors (Lipinski definition) is 3. The Balaban J connectivity index is 2.64. The highest BCUT2D eigenvalue weighted by Gasteiger charge is 2.07. The van der Waals surface area contributed by atoms with Gasteiger partial charge in [-0.3, -0.25) is 0 Å². The molecule has 1 aromatic heterocycles. The number of benzene rings is 1. The fourth-order valence-electron chi connectivity index (χ4n) is 1.43. The van der Waals surface area contributed by atoms with Crippen LogP contribution in [0.5, 0.6) is 5.75 Å². The van der Waals surface area contributed by atoms with Crippen LogP contribution < -0.4 is 5.73 Å². The van der Waals surface area contributed by atoms with Crippen molar-refractivity contribution in [3.8, 4) is 5.75 Å². The Morgan fingerprint density at radius 1 is 1.50 bits per heavy atom. The second-order valence-electron chi connectivity index (χ2n) is 2.99. The van der Waals surface area contributed by atoms with Gasteiger partial charge in [0.2, 0.25) is 0 Å². The fourth-order valence-corrected chi connectivity index (χ4v) is 1.99. The molecule has 0 unspecified atom stereocenters. The highest BCUT2D eigenvalue weighted by atomic mass is 79.9. The quantitative estimate of drug-likeness (QED) is 0.855. The zero-order chi connectivity index (χ0) is 10.1. The zero-order valence-corrected chi connectivity index (χ0v) is 9.03. The van der Waals surface area contributed by atoms with Crippen LogP contribution in [0.1, 0.15) is 0 Å². The summed E-state index contributed by atoms with van der Waals surface area (Å²) in [5, 5.41) is 9.27. The largest absolute Gasteiger partial charge is 0.508 e. The van der Waals surface area contributed by atoms with E-state index in [0.29, 0.717) is 13.1 Å². The van der Waals surface area contributed by atoms with E-state index < -0.39 is 0 Å². The molecule has 2 rings (SSSR count). The van der Waals surface area contributed by atoms with E-state index in [9.17, 15) is 5.11 Å². The van der Waals surface area contributed by atoms with Crippen molar-refractivity contribution in [1.82, 2.24) is 9.55 Å². The third kappa shape index (κ3) is 1.49. The highest BCUT2D eigenvalue weighted by molar-refractivity contribution is 9.10. The molecule has 0 bridgehead atoms. The molecule has 0 saturated heterocycles. The summed E-state index contributed by atoms with van der Waals surface area (Å²) in [6.45, 7) is 1.27. The minimum Gasteiger partial charge on any atom is -0.508 e. The van der Waals surface area contributed by atoms with Crippen LogP contribution in [0.15, 0.2) is 22.9 Å². The monoisotopic (exact) mass is 255 g/mol. The molecule has 3 N–H and O–H groups in total. The SMILES string of the molecule is NCCn1c(Br)nc2cc(O)ccc21. The first kappa shape index (κ1) is 9.48. The Morgan fingerprint density at radius 2 is 2.29 bits per heavy atom. The number of phenols is 1. The molecule has 0 aliphatic carbocycles. The number of halogens is 1. The van der Waals surface area contributed by atoms with Gasteiger partial charge in [-0.25, -0.2) is 4.98 Å². The minimum atomic E-state index is 0.224. The number of aromatic nitrogens is 2. The number of phenolic OH excluding ortho intramolecular Hbond substituents is 1. The predicted octanol–water partition coefficient (Wildman–Crippen LogP) is 1.46. The van der Waals surface area contributed by atoms with Gasteiger partial charge in [-0.15, -0.1) is 0 Å². The average Bonchev–Trinajstić information content (AvgIpc) is 2.43. The van der Waals surface area contributed by atoms with Crippen molar-refractivity contribution in [1.29, 1.82) is 0 Å². The van der Waals surface area contributed by atoms with Crippen molar-refractivity contribution in [3.63, 3.8) is 0 Å². The van der Waals surface area contributed by atoms with Gasteiger partial charge in [-0.2, -0.15) is 0 Å². The van der Waals surface area contributed by atoms with Crippen LogP contribution in [-0.2, 0) is 6.54 Å². The summed E-state index contributed by atoms with van der Waals surface area (Å²) in [7, 11) is 0. The second-order valence-corrected chi connectivity index (χ2v) is 3.70. The van der Waals surface area contributed by atoms with E-state index in [0.717, 1.165) is 15.8 Å². The zero-order valence-electron chi connectivity index (χ0n) is 7.44. The summed E-state index contributed by atoms with van der Waals surface area (Å²) in [6.07, 6.45) is 0. The first-order valence-corrected chi connectivity index (χ1v) is 5.06. The maximum atomic E-state index is 9.27. The van der Waals surface area contributed by atoms with Gasteiger partial charge in [0.1, 0.15) is 5.75 Å². The van der Waals surface area contributed by atoms with Crippen LogP contribution in [0.4, 0.5) is 0 Å². The normalized spacial score (nSPS) is 11.0. The lowest BCUT2D eigenvalue weighted by Crippen LogP contribution is -2.09. The van der Waals surface area contributed by atoms with Crippen LogP contribution in [0.3, 0.4) is 0 Å². The number of hydrogen-bond donors (Lipinski definition) is 2. The summed E-state index contributed by atoms with van der Waals surface area (Å²) in [6, 6.07) is 5.11. The maximum absolute atomic E-state index is 9.27. The Bertz CT molecular complexity index is 466. The van der Waals surface area contributed by atoms with E-state index >= 15 is 0 Å². The molecule has 0 aliphatic heterocycles. The van der Waals surface area contributed by atoms with Crippen LogP contribution in [0.2, 0.25) is 0 Å². The van der Waals surface area contributed by atoms with E-state index in [1.54, 1.807) is 12.1 Å². The molecule has 0 aliphatic rings. The molecule has 0 spiro atoms. The van der Waals surface area contributed by atoms with E-state index in [-0.39, 0.29) is 5.75 Å². The van der Waals surface area contributed by atoms with Crippen LogP contribution in [0, 0.1) is 0 Å². The van der Waals surface area contributed by atoms with Crippen LogP contribution in [0.25, 0.3) is 11.0 Å². The molecule has 1 aromatic carbocycles. The van der Waals surface area contributed by atoms with Gasteiger partial charge in [-0.05, 0) is 28.1 Å². The fraction of sp³-hybridized carbons (Fsp3) is 0.222. The molecular weight excluding hydrogens is 246 g/mol. The molecule has 0 atom stereocenters. The van der Waals surface area contributed by atoms with Gasteiger partial charge in [-0.1, -0.05) is 0 Å². The summed E-state index contributed by atoms with van der Waals surface area (Å²) < 4.78 is 2.71. The maximum Gasteiger partial charge on any atom is 0.178 e. The molecule has 0 saturated carbocycles. The van der Waals surface area contributed by atoms with Crippen molar-refractivity contribution in [2.45, 2.75) is 6.54 Å². The molecule has 0 radical (unpaired) electrons. The molecule has 0 amide bonds. The summed E-state index contributed by atoms with van der Waals surface area (Å²) in [4.78, 5) is 4.26. The molecule has 1 heterocycles.